The largest absolute Gasteiger partial charge is 0.456 e. The molecule has 0 fully saturated rings. The molecule has 2 aromatic rings. The zero-order valence-corrected chi connectivity index (χ0v) is 14.9. The minimum atomic E-state index is -0.414. The third kappa shape index (κ3) is 3.47. The van der Waals surface area contributed by atoms with Crippen molar-refractivity contribution < 1.29 is 9.53 Å². The van der Waals surface area contributed by atoms with Gasteiger partial charge in [0.25, 0.3) is 0 Å². The lowest BCUT2D eigenvalue weighted by Gasteiger charge is -2.08. The Kier molecular flexibility index (Phi) is 5.05. The maximum Gasteiger partial charge on any atom is 0.338 e. The number of nitrogens with two attached hydrogens (primary N) is 1. The number of nitrogen functional groups attached to an aromatic ring is 1. The number of nitrogens with zero attached hydrogens (tertiary/aromatic N) is 2. The summed E-state index contributed by atoms with van der Waals surface area (Å²) in [5.41, 5.74) is 8.40. The van der Waals surface area contributed by atoms with Crippen LogP contribution in [0.4, 0.5) is 5.69 Å². The summed E-state index contributed by atoms with van der Waals surface area (Å²) in [5.74, 6) is -0.414. The first-order valence-corrected chi connectivity index (χ1v) is 7.96. The highest BCUT2D eigenvalue weighted by atomic mass is 79.9. The van der Waals surface area contributed by atoms with Crippen molar-refractivity contribution in [2.24, 2.45) is 0 Å². The molecule has 0 aliphatic carbocycles. The Hall–Kier alpha value is -1.34. The highest BCUT2D eigenvalue weighted by Gasteiger charge is 2.15. The predicted octanol–water partition coefficient (Wildman–Crippen LogP) is 3.68. The second-order valence-corrected chi connectivity index (χ2v) is 6.12. The van der Waals surface area contributed by atoms with Crippen LogP contribution in [-0.4, -0.2) is 15.7 Å². The quantitative estimate of drug-likeness (QED) is 0.609. The molecule has 0 spiro atoms. The molecule has 0 bridgehead atoms. The molecule has 0 radical (unpaired) electrons. The summed E-state index contributed by atoms with van der Waals surface area (Å²) in [5, 5.41) is 4.36. The van der Waals surface area contributed by atoms with Crippen molar-refractivity contribution >= 4 is 43.5 Å². The molecule has 0 aliphatic heterocycles. The number of carbonyl (C=O) groups is 1. The normalized spacial score (nSPS) is 10.7. The van der Waals surface area contributed by atoms with Crippen LogP contribution < -0.4 is 5.73 Å². The first kappa shape index (κ1) is 16.0. The molecular formula is C14H15Br2N3O2. The van der Waals surface area contributed by atoms with Crippen LogP contribution in [0.15, 0.2) is 27.1 Å². The van der Waals surface area contributed by atoms with Crippen LogP contribution in [0, 0.1) is 6.92 Å². The fraction of sp³-hybridized carbons (Fsp3) is 0.286. The fourth-order valence-corrected chi connectivity index (χ4v) is 2.54. The highest BCUT2D eigenvalue weighted by Crippen LogP contribution is 2.23. The average Bonchev–Trinajstić information content (AvgIpc) is 2.74. The van der Waals surface area contributed by atoms with Crippen molar-refractivity contribution in [3.05, 3.63) is 44.1 Å². The molecule has 2 rings (SSSR count). The molecule has 2 N–H and O–H groups in total. The van der Waals surface area contributed by atoms with E-state index >= 15 is 0 Å². The Morgan fingerprint density at radius 2 is 2.14 bits per heavy atom. The maximum atomic E-state index is 12.1. The zero-order chi connectivity index (χ0) is 15.6. The lowest BCUT2D eigenvalue weighted by Crippen LogP contribution is -2.10. The number of aryl methyl sites for hydroxylation is 2. The van der Waals surface area contributed by atoms with Gasteiger partial charge in [-0.15, -0.1) is 0 Å². The minimum Gasteiger partial charge on any atom is -0.456 e. The number of anilines is 1. The first-order valence-electron chi connectivity index (χ1n) is 6.38. The summed E-state index contributed by atoms with van der Waals surface area (Å²) in [6, 6.07) is 4.98. The Labute approximate surface area is 139 Å². The van der Waals surface area contributed by atoms with E-state index in [9.17, 15) is 4.79 Å². The van der Waals surface area contributed by atoms with E-state index in [0.717, 1.165) is 20.3 Å². The van der Waals surface area contributed by atoms with Gasteiger partial charge in [-0.2, -0.15) is 5.10 Å². The topological polar surface area (TPSA) is 70.1 Å². The van der Waals surface area contributed by atoms with Gasteiger partial charge in [-0.25, -0.2) is 4.79 Å². The van der Waals surface area contributed by atoms with E-state index in [1.807, 2.05) is 18.5 Å². The predicted molar refractivity (Wildman–Crippen MR) is 88.0 cm³/mol. The Morgan fingerprint density at radius 1 is 1.43 bits per heavy atom. The zero-order valence-electron chi connectivity index (χ0n) is 11.7. The summed E-state index contributed by atoms with van der Waals surface area (Å²) in [4.78, 5) is 12.1. The monoisotopic (exact) mass is 415 g/mol. The first-order chi connectivity index (χ1) is 9.93. The van der Waals surface area contributed by atoms with Crippen LogP contribution in [0.25, 0.3) is 0 Å². The van der Waals surface area contributed by atoms with Gasteiger partial charge in [-0.1, -0.05) is 0 Å². The number of esters is 1. The van der Waals surface area contributed by atoms with Crippen LogP contribution in [0.5, 0.6) is 0 Å². The van der Waals surface area contributed by atoms with Crippen molar-refractivity contribution in [3.8, 4) is 0 Å². The lowest BCUT2D eigenvalue weighted by atomic mass is 10.2. The molecule has 0 atom stereocenters. The maximum absolute atomic E-state index is 12.1. The van der Waals surface area contributed by atoms with Crippen molar-refractivity contribution in [2.45, 2.75) is 27.0 Å². The summed E-state index contributed by atoms with van der Waals surface area (Å²) < 4.78 is 8.77. The SMILES string of the molecule is CCn1nc(C)c(Br)c1COC(=O)c1ccc(Br)c(N)c1. The van der Waals surface area contributed by atoms with Gasteiger partial charge >= 0.3 is 5.97 Å². The molecule has 5 nitrogen and oxygen atoms in total. The van der Waals surface area contributed by atoms with Crippen LogP contribution in [0.3, 0.4) is 0 Å². The van der Waals surface area contributed by atoms with Crippen molar-refractivity contribution in [1.29, 1.82) is 0 Å². The number of rotatable bonds is 4. The number of hydrogen-bond donors (Lipinski definition) is 1. The van der Waals surface area contributed by atoms with Gasteiger partial charge in [-0.05, 0) is 63.9 Å². The van der Waals surface area contributed by atoms with E-state index < -0.39 is 5.97 Å². The highest BCUT2D eigenvalue weighted by molar-refractivity contribution is 9.11. The van der Waals surface area contributed by atoms with Gasteiger partial charge in [-0.3, -0.25) is 4.68 Å². The van der Waals surface area contributed by atoms with E-state index in [0.29, 0.717) is 17.8 Å². The molecular weight excluding hydrogens is 402 g/mol. The molecule has 7 heteroatoms. The molecule has 112 valence electrons. The van der Waals surface area contributed by atoms with E-state index in [4.69, 9.17) is 10.5 Å². The van der Waals surface area contributed by atoms with Crippen LogP contribution in [0.1, 0.15) is 28.7 Å². The summed E-state index contributed by atoms with van der Waals surface area (Å²) in [6.45, 7) is 4.76. The van der Waals surface area contributed by atoms with Gasteiger partial charge < -0.3 is 10.5 Å². The van der Waals surface area contributed by atoms with E-state index in [2.05, 4.69) is 37.0 Å². The van der Waals surface area contributed by atoms with Gasteiger partial charge in [0, 0.05) is 16.7 Å². The third-order valence-electron chi connectivity index (χ3n) is 3.02. The van der Waals surface area contributed by atoms with Gasteiger partial charge in [0.2, 0.25) is 0 Å². The van der Waals surface area contributed by atoms with Crippen molar-refractivity contribution in [2.75, 3.05) is 5.73 Å². The van der Waals surface area contributed by atoms with Gasteiger partial charge in [0.05, 0.1) is 21.4 Å². The summed E-state index contributed by atoms with van der Waals surface area (Å²) >= 11 is 6.76. The minimum absolute atomic E-state index is 0.157. The summed E-state index contributed by atoms with van der Waals surface area (Å²) in [6.07, 6.45) is 0. The molecule has 1 heterocycles. The summed E-state index contributed by atoms with van der Waals surface area (Å²) in [7, 11) is 0. The smallest absolute Gasteiger partial charge is 0.338 e. The van der Waals surface area contributed by atoms with Crippen LogP contribution in [0.2, 0.25) is 0 Å². The Morgan fingerprint density at radius 3 is 2.76 bits per heavy atom. The third-order valence-corrected chi connectivity index (χ3v) is 4.78. The van der Waals surface area contributed by atoms with Gasteiger partial charge in [0.15, 0.2) is 0 Å². The molecule has 1 aromatic heterocycles. The second kappa shape index (κ2) is 6.62. The second-order valence-electron chi connectivity index (χ2n) is 4.47. The van der Waals surface area contributed by atoms with Crippen molar-refractivity contribution in [1.82, 2.24) is 9.78 Å². The van der Waals surface area contributed by atoms with Crippen molar-refractivity contribution in [3.63, 3.8) is 0 Å². The molecule has 1 aromatic carbocycles. The molecule has 0 saturated heterocycles. The molecule has 0 saturated carbocycles. The van der Waals surface area contributed by atoms with E-state index in [1.54, 1.807) is 18.2 Å². The Bertz CT molecular complexity index is 683. The number of hydrogen-bond acceptors (Lipinski definition) is 4. The number of ether oxygens (including phenoxy) is 1. The van der Waals surface area contributed by atoms with E-state index in [1.165, 1.54) is 0 Å². The van der Waals surface area contributed by atoms with E-state index in [-0.39, 0.29) is 6.61 Å². The lowest BCUT2D eigenvalue weighted by molar-refractivity contribution is 0.0461. The fourth-order valence-electron chi connectivity index (χ4n) is 1.89. The number of benzene rings is 1. The van der Waals surface area contributed by atoms with Crippen LogP contribution in [-0.2, 0) is 17.9 Å². The number of carbonyl (C=O) groups excluding carboxylic acids is 1. The molecule has 0 unspecified atom stereocenters. The standard InChI is InChI=1S/C14H15Br2N3O2/c1-3-19-12(13(16)8(2)18-19)7-21-14(20)9-4-5-10(15)11(17)6-9/h4-6H,3,7,17H2,1-2H3. The number of halogens is 2. The number of aromatic nitrogens is 2. The van der Waals surface area contributed by atoms with Crippen LogP contribution >= 0.6 is 31.9 Å². The molecule has 21 heavy (non-hydrogen) atoms. The average molecular weight is 417 g/mol. The molecule has 0 amide bonds. The molecule has 0 aliphatic rings. The Balaban J connectivity index is 2.12. The van der Waals surface area contributed by atoms with Gasteiger partial charge in [0.1, 0.15) is 6.61 Å².